The molecule has 1 unspecified atom stereocenters. The van der Waals surface area contributed by atoms with E-state index in [1.165, 1.54) is 0 Å². The summed E-state index contributed by atoms with van der Waals surface area (Å²) in [4.78, 5) is 10.9. The molecule has 1 aliphatic rings. The van der Waals surface area contributed by atoms with E-state index >= 15 is 0 Å². The molecule has 0 bridgehead atoms. The fourth-order valence-corrected chi connectivity index (χ4v) is 3.64. The molecule has 1 aromatic rings. The van der Waals surface area contributed by atoms with Gasteiger partial charge in [-0.05, 0) is 82.6 Å². The van der Waals surface area contributed by atoms with Crippen LogP contribution in [0.3, 0.4) is 0 Å². The monoisotopic (exact) mass is 361 g/mol. The molecule has 144 valence electrons. The first-order valence-electron chi connectivity index (χ1n) is 9.54. The SMILES string of the molecule is CCCC/C(=C/CCC1(C)CCc2c(C)c(O)c(C)c(C)c2O1)[N+](=O)[O-]. The van der Waals surface area contributed by atoms with Crippen molar-refractivity contribution in [2.24, 2.45) is 0 Å². The predicted molar refractivity (Wildman–Crippen MR) is 104 cm³/mol. The Labute approximate surface area is 156 Å². The van der Waals surface area contributed by atoms with Crippen LogP contribution in [0.2, 0.25) is 0 Å². The van der Waals surface area contributed by atoms with Crippen LogP contribution in [-0.2, 0) is 6.42 Å². The van der Waals surface area contributed by atoms with Crippen LogP contribution in [0.4, 0.5) is 0 Å². The van der Waals surface area contributed by atoms with E-state index in [1.807, 2.05) is 27.7 Å². The number of ether oxygens (including phenoxy) is 1. The van der Waals surface area contributed by atoms with Gasteiger partial charge in [0, 0.05) is 12.0 Å². The number of rotatable bonds is 7. The number of allylic oxidation sites excluding steroid dienone is 2. The van der Waals surface area contributed by atoms with Crippen LogP contribution in [0.5, 0.6) is 11.5 Å². The minimum absolute atomic E-state index is 0.255. The Hall–Kier alpha value is -2.04. The van der Waals surface area contributed by atoms with Gasteiger partial charge in [0.1, 0.15) is 17.1 Å². The van der Waals surface area contributed by atoms with Gasteiger partial charge < -0.3 is 9.84 Å². The summed E-state index contributed by atoms with van der Waals surface area (Å²) in [6.07, 6.45) is 7.17. The Kier molecular flexibility index (Phi) is 6.32. The predicted octanol–water partition coefficient (Wildman–Crippen LogP) is 5.53. The highest BCUT2D eigenvalue weighted by molar-refractivity contribution is 5.58. The van der Waals surface area contributed by atoms with Gasteiger partial charge >= 0.3 is 0 Å². The molecule has 1 N–H and O–H groups in total. The van der Waals surface area contributed by atoms with Crippen molar-refractivity contribution in [1.82, 2.24) is 0 Å². The Morgan fingerprint density at radius 2 is 2.00 bits per heavy atom. The summed E-state index contributed by atoms with van der Waals surface area (Å²) in [7, 11) is 0. The van der Waals surface area contributed by atoms with E-state index in [-0.39, 0.29) is 10.5 Å². The molecule has 0 saturated heterocycles. The summed E-state index contributed by atoms with van der Waals surface area (Å²) in [6.45, 7) is 9.95. The summed E-state index contributed by atoms with van der Waals surface area (Å²) in [5.41, 5.74) is 3.82. The van der Waals surface area contributed by atoms with Crippen molar-refractivity contribution in [1.29, 1.82) is 0 Å². The smallest absolute Gasteiger partial charge is 0.242 e. The molecule has 0 aliphatic carbocycles. The van der Waals surface area contributed by atoms with Gasteiger partial charge in [0.25, 0.3) is 0 Å². The van der Waals surface area contributed by atoms with E-state index in [0.29, 0.717) is 24.3 Å². The third-order valence-electron chi connectivity index (χ3n) is 5.67. The number of nitro groups is 1. The van der Waals surface area contributed by atoms with Gasteiger partial charge in [0.05, 0.1) is 4.92 Å². The number of unbranched alkanes of at least 4 members (excludes halogenated alkanes) is 1. The molecule has 0 spiro atoms. The average Bonchev–Trinajstić information content (AvgIpc) is 2.60. The van der Waals surface area contributed by atoms with Crippen LogP contribution in [-0.4, -0.2) is 15.6 Å². The van der Waals surface area contributed by atoms with Crippen molar-refractivity contribution in [3.8, 4) is 11.5 Å². The standard InChI is InChI=1S/C21H31NO4/c1-6-7-9-17(22(24)25)10-8-12-21(5)13-11-18-16(4)19(23)14(2)15(3)20(18)26-21/h10,23H,6-9,11-13H2,1-5H3/b17-10-. The first kappa shape index (κ1) is 20.3. The normalized spacial score (nSPS) is 19.8. The Morgan fingerprint density at radius 1 is 1.31 bits per heavy atom. The maximum Gasteiger partial charge on any atom is 0.242 e. The zero-order valence-electron chi connectivity index (χ0n) is 16.6. The lowest BCUT2D eigenvalue weighted by Gasteiger charge is -2.38. The van der Waals surface area contributed by atoms with E-state index in [2.05, 4.69) is 6.92 Å². The largest absolute Gasteiger partial charge is 0.507 e. The molecule has 0 amide bonds. The highest BCUT2D eigenvalue weighted by Gasteiger charge is 2.34. The fraction of sp³-hybridized carbons (Fsp3) is 0.619. The summed E-state index contributed by atoms with van der Waals surface area (Å²) in [5.74, 6) is 1.25. The molecule has 1 aromatic carbocycles. The van der Waals surface area contributed by atoms with E-state index < -0.39 is 0 Å². The zero-order chi connectivity index (χ0) is 19.5. The molecule has 0 saturated carbocycles. The molecule has 0 fully saturated rings. The molecular weight excluding hydrogens is 330 g/mol. The van der Waals surface area contributed by atoms with Crippen molar-refractivity contribution in [2.75, 3.05) is 0 Å². The highest BCUT2D eigenvalue weighted by Crippen LogP contribution is 2.44. The van der Waals surface area contributed by atoms with Crippen molar-refractivity contribution in [3.05, 3.63) is 44.1 Å². The maximum absolute atomic E-state index is 11.2. The minimum atomic E-state index is -0.337. The van der Waals surface area contributed by atoms with Gasteiger partial charge in [-0.25, -0.2) is 0 Å². The van der Waals surface area contributed by atoms with Gasteiger partial charge in [0.2, 0.25) is 5.70 Å². The molecule has 2 rings (SSSR count). The van der Waals surface area contributed by atoms with Gasteiger partial charge in [0.15, 0.2) is 0 Å². The Morgan fingerprint density at radius 3 is 2.62 bits per heavy atom. The van der Waals surface area contributed by atoms with Gasteiger partial charge in [-0.3, -0.25) is 10.1 Å². The van der Waals surface area contributed by atoms with Crippen LogP contribution < -0.4 is 4.74 Å². The van der Waals surface area contributed by atoms with Gasteiger partial charge in [-0.1, -0.05) is 13.3 Å². The Bertz CT molecular complexity index is 723. The van der Waals surface area contributed by atoms with Crippen LogP contribution in [0.25, 0.3) is 0 Å². The van der Waals surface area contributed by atoms with Crippen LogP contribution >= 0.6 is 0 Å². The molecule has 0 radical (unpaired) electrons. The molecular formula is C21H31NO4. The minimum Gasteiger partial charge on any atom is -0.507 e. The summed E-state index contributed by atoms with van der Waals surface area (Å²) in [6, 6.07) is 0. The second kappa shape index (κ2) is 8.11. The first-order valence-corrected chi connectivity index (χ1v) is 9.54. The second-order valence-corrected chi connectivity index (χ2v) is 7.68. The van der Waals surface area contributed by atoms with E-state index in [4.69, 9.17) is 4.74 Å². The molecule has 0 aromatic heterocycles. The lowest BCUT2D eigenvalue weighted by molar-refractivity contribution is -0.428. The third-order valence-corrected chi connectivity index (χ3v) is 5.67. The quantitative estimate of drug-likeness (QED) is 0.512. The van der Waals surface area contributed by atoms with Crippen molar-refractivity contribution >= 4 is 0 Å². The summed E-state index contributed by atoms with van der Waals surface area (Å²) < 4.78 is 6.38. The molecule has 5 heteroatoms. The fourth-order valence-electron chi connectivity index (χ4n) is 3.64. The zero-order valence-corrected chi connectivity index (χ0v) is 16.6. The number of phenols is 1. The number of phenolic OH excluding ortho intramolecular Hbond substituents is 1. The van der Waals surface area contributed by atoms with Crippen molar-refractivity contribution in [2.45, 2.75) is 85.2 Å². The second-order valence-electron chi connectivity index (χ2n) is 7.68. The number of aromatic hydroxyl groups is 1. The number of hydrogen-bond acceptors (Lipinski definition) is 4. The van der Waals surface area contributed by atoms with Gasteiger partial charge in [-0.15, -0.1) is 0 Å². The van der Waals surface area contributed by atoms with Crippen molar-refractivity contribution in [3.63, 3.8) is 0 Å². The van der Waals surface area contributed by atoms with E-state index in [1.54, 1.807) is 6.08 Å². The topological polar surface area (TPSA) is 72.6 Å². The lowest BCUT2D eigenvalue weighted by Crippen LogP contribution is -2.37. The third kappa shape index (κ3) is 4.19. The number of benzene rings is 1. The molecule has 1 atom stereocenters. The molecule has 5 nitrogen and oxygen atoms in total. The number of fused-ring (bicyclic) bond motifs is 1. The average molecular weight is 361 g/mol. The molecule has 1 aliphatic heterocycles. The van der Waals surface area contributed by atoms with Crippen LogP contribution in [0.15, 0.2) is 11.8 Å². The highest BCUT2D eigenvalue weighted by atomic mass is 16.6. The van der Waals surface area contributed by atoms with Crippen molar-refractivity contribution < 1.29 is 14.8 Å². The summed E-state index contributed by atoms with van der Waals surface area (Å²) >= 11 is 0. The van der Waals surface area contributed by atoms with E-state index in [0.717, 1.165) is 60.1 Å². The number of nitrogens with zero attached hydrogens (tertiary/aromatic N) is 1. The van der Waals surface area contributed by atoms with Crippen LogP contribution in [0.1, 0.15) is 74.6 Å². The number of hydrogen-bond donors (Lipinski definition) is 1. The molecule has 1 heterocycles. The Balaban J connectivity index is 2.15. The van der Waals surface area contributed by atoms with Crippen LogP contribution in [0, 0.1) is 30.9 Å². The maximum atomic E-state index is 11.2. The van der Waals surface area contributed by atoms with E-state index in [9.17, 15) is 15.2 Å². The molecule has 26 heavy (non-hydrogen) atoms. The van der Waals surface area contributed by atoms with Gasteiger partial charge in [-0.2, -0.15) is 0 Å². The first-order chi connectivity index (χ1) is 12.2. The lowest BCUT2D eigenvalue weighted by atomic mass is 9.85. The summed E-state index contributed by atoms with van der Waals surface area (Å²) in [5, 5.41) is 21.4.